The molecule has 16 heavy (non-hydrogen) atoms. The van der Waals surface area contributed by atoms with Crippen LogP contribution in [0.4, 0.5) is 0 Å². The Labute approximate surface area is 94.5 Å². The summed E-state index contributed by atoms with van der Waals surface area (Å²) in [7, 11) is 0. The SMILES string of the molecule is C1=CC2=NC3=Cc4ccccc4C3=C2CC1. The first-order chi connectivity index (χ1) is 7.93. The summed E-state index contributed by atoms with van der Waals surface area (Å²) in [5, 5.41) is 0. The lowest BCUT2D eigenvalue weighted by molar-refractivity contribution is 1.01. The summed E-state index contributed by atoms with van der Waals surface area (Å²) in [6.45, 7) is 0. The molecule has 1 aromatic rings. The molecular formula is C15H11N. The Kier molecular flexibility index (Phi) is 1.46. The van der Waals surface area contributed by atoms with Gasteiger partial charge in [-0.25, -0.2) is 4.99 Å². The summed E-state index contributed by atoms with van der Waals surface area (Å²) >= 11 is 0. The zero-order valence-electron chi connectivity index (χ0n) is 8.90. The Hall–Kier alpha value is -1.89. The van der Waals surface area contributed by atoms with E-state index >= 15 is 0 Å². The van der Waals surface area contributed by atoms with Gasteiger partial charge < -0.3 is 0 Å². The number of nitrogens with zero attached hydrogens (tertiary/aromatic N) is 1. The van der Waals surface area contributed by atoms with Gasteiger partial charge in [0.2, 0.25) is 0 Å². The average Bonchev–Trinajstić information content (AvgIpc) is 2.83. The fourth-order valence-corrected chi connectivity index (χ4v) is 2.75. The standard InChI is InChI=1S/C15H11N/c1-2-6-11-10(5-1)9-14-15(11)12-7-3-4-8-13(12)16-14/h1-2,4-6,8-9H,3,7H2. The second kappa shape index (κ2) is 2.82. The van der Waals surface area contributed by atoms with E-state index in [1.54, 1.807) is 0 Å². The first kappa shape index (κ1) is 8.28. The molecule has 2 aliphatic carbocycles. The number of benzene rings is 1. The van der Waals surface area contributed by atoms with Gasteiger partial charge in [0.1, 0.15) is 0 Å². The van der Waals surface area contributed by atoms with Crippen LogP contribution in [-0.2, 0) is 0 Å². The van der Waals surface area contributed by atoms with Crippen molar-refractivity contribution in [3.8, 4) is 0 Å². The molecule has 0 fully saturated rings. The highest BCUT2D eigenvalue weighted by Crippen LogP contribution is 2.44. The molecule has 3 aliphatic rings. The Morgan fingerprint density at radius 2 is 2.06 bits per heavy atom. The number of aliphatic imine (C=N–C) groups is 1. The molecule has 0 saturated carbocycles. The zero-order chi connectivity index (χ0) is 10.5. The van der Waals surface area contributed by atoms with Crippen molar-refractivity contribution in [3.05, 3.63) is 58.8 Å². The van der Waals surface area contributed by atoms with Gasteiger partial charge in [-0.05, 0) is 41.7 Å². The predicted octanol–water partition coefficient (Wildman–Crippen LogP) is 3.60. The van der Waals surface area contributed by atoms with E-state index in [0.717, 1.165) is 18.5 Å². The molecule has 1 aliphatic heterocycles. The van der Waals surface area contributed by atoms with Crippen LogP contribution < -0.4 is 0 Å². The molecule has 0 aromatic heterocycles. The van der Waals surface area contributed by atoms with E-state index in [9.17, 15) is 0 Å². The number of hydrogen-bond donors (Lipinski definition) is 0. The van der Waals surface area contributed by atoms with Gasteiger partial charge in [0.15, 0.2) is 0 Å². The molecule has 0 N–H and O–H groups in total. The summed E-state index contributed by atoms with van der Waals surface area (Å²) in [4.78, 5) is 4.70. The maximum absolute atomic E-state index is 4.70. The van der Waals surface area contributed by atoms with E-state index in [0.29, 0.717) is 0 Å². The van der Waals surface area contributed by atoms with Crippen molar-refractivity contribution in [2.75, 3.05) is 0 Å². The average molecular weight is 205 g/mol. The summed E-state index contributed by atoms with van der Waals surface area (Å²) in [6.07, 6.45) is 8.87. The van der Waals surface area contributed by atoms with E-state index in [4.69, 9.17) is 4.99 Å². The van der Waals surface area contributed by atoms with E-state index < -0.39 is 0 Å². The number of allylic oxidation sites excluding steroid dienone is 4. The highest BCUT2D eigenvalue weighted by Gasteiger charge is 2.29. The van der Waals surface area contributed by atoms with Gasteiger partial charge in [-0.3, -0.25) is 0 Å². The zero-order valence-corrected chi connectivity index (χ0v) is 8.90. The van der Waals surface area contributed by atoms with E-state index in [1.807, 2.05) is 0 Å². The Balaban J connectivity index is 2.02. The largest absolute Gasteiger partial charge is 0.248 e. The molecule has 1 aromatic carbocycles. The third-order valence-electron chi connectivity index (χ3n) is 3.47. The van der Waals surface area contributed by atoms with Crippen molar-refractivity contribution < 1.29 is 0 Å². The van der Waals surface area contributed by atoms with E-state index in [1.165, 1.54) is 28.0 Å². The molecule has 0 spiro atoms. The molecule has 1 nitrogen and oxygen atoms in total. The Bertz CT molecular complexity index is 612. The highest BCUT2D eigenvalue weighted by molar-refractivity contribution is 6.22. The lowest BCUT2D eigenvalue weighted by atomic mass is 9.93. The van der Waals surface area contributed by atoms with Crippen LogP contribution in [0.15, 0.2) is 52.7 Å². The van der Waals surface area contributed by atoms with Gasteiger partial charge in [0, 0.05) is 5.57 Å². The summed E-state index contributed by atoms with van der Waals surface area (Å²) < 4.78 is 0. The molecule has 0 bridgehead atoms. The fraction of sp³-hybridized carbons (Fsp3) is 0.133. The first-order valence-electron chi connectivity index (χ1n) is 5.74. The van der Waals surface area contributed by atoms with Crippen LogP contribution in [0.2, 0.25) is 0 Å². The molecule has 1 heteroatoms. The van der Waals surface area contributed by atoms with Gasteiger partial charge >= 0.3 is 0 Å². The minimum absolute atomic E-state index is 1.14. The number of fused-ring (bicyclic) bond motifs is 4. The van der Waals surface area contributed by atoms with Crippen LogP contribution in [0.5, 0.6) is 0 Å². The van der Waals surface area contributed by atoms with E-state index in [2.05, 4.69) is 42.5 Å². The molecule has 76 valence electrons. The van der Waals surface area contributed by atoms with Crippen molar-refractivity contribution in [1.82, 2.24) is 0 Å². The second-order valence-electron chi connectivity index (χ2n) is 4.41. The normalized spacial score (nSPS) is 20.2. The van der Waals surface area contributed by atoms with Crippen LogP contribution in [0.1, 0.15) is 24.0 Å². The second-order valence-corrected chi connectivity index (χ2v) is 4.41. The van der Waals surface area contributed by atoms with Gasteiger partial charge in [-0.1, -0.05) is 30.3 Å². The minimum Gasteiger partial charge on any atom is -0.248 e. The molecule has 0 amide bonds. The molecule has 1 heterocycles. The molecule has 0 saturated heterocycles. The van der Waals surface area contributed by atoms with Crippen molar-refractivity contribution >= 4 is 17.4 Å². The van der Waals surface area contributed by atoms with Crippen LogP contribution in [-0.4, -0.2) is 5.71 Å². The monoisotopic (exact) mass is 205 g/mol. The Morgan fingerprint density at radius 3 is 3.06 bits per heavy atom. The number of rotatable bonds is 0. The summed E-state index contributed by atoms with van der Waals surface area (Å²) in [5.74, 6) is 0. The van der Waals surface area contributed by atoms with Crippen molar-refractivity contribution in [2.45, 2.75) is 12.8 Å². The fourth-order valence-electron chi connectivity index (χ4n) is 2.75. The first-order valence-corrected chi connectivity index (χ1v) is 5.74. The van der Waals surface area contributed by atoms with E-state index in [-0.39, 0.29) is 0 Å². The molecule has 0 unspecified atom stereocenters. The van der Waals surface area contributed by atoms with Crippen LogP contribution in [0, 0.1) is 0 Å². The maximum atomic E-state index is 4.70. The van der Waals surface area contributed by atoms with Gasteiger partial charge in [-0.2, -0.15) is 0 Å². The summed E-state index contributed by atoms with van der Waals surface area (Å²) in [5.41, 5.74) is 7.85. The Morgan fingerprint density at radius 1 is 1.12 bits per heavy atom. The topological polar surface area (TPSA) is 12.4 Å². The smallest absolute Gasteiger partial charge is 0.0725 e. The van der Waals surface area contributed by atoms with Crippen LogP contribution in [0.3, 0.4) is 0 Å². The quantitative estimate of drug-likeness (QED) is 0.613. The van der Waals surface area contributed by atoms with Crippen LogP contribution >= 0.6 is 0 Å². The third kappa shape index (κ3) is 0.929. The lowest BCUT2D eigenvalue weighted by Crippen LogP contribution is -2.01. The van der Waals surface area contributed by atoms with Crippen LogP contribution in [0.25, 0.3) is 11.6 Å². The molecule has 0 radical (unpaired) electrons. The summed E-state index contributed by atoms with van der Waals surface area (Å²) in [6, 6.07) is 8.58. The highest BCUT2D eigenvalue weighted by atomic mass is 14.8. The van der Waals surface area contributed by atoms with Crippen molar-refractivity contribution in [2.24, 2.45) is 4.99 Å². The molecule has 0 atom stereocenters. The third-order valence-corrected chi connectivity index (χ3v) is 3.47. The van der Waals surface area contributed by atoms with Gasteiger partial charge in [0.05, 0.1) is 11.4 Å². The van der Waals surface area contributed by atoms with Gasteiger partial charge in [-0.15, -0.1) is 0 Å². The number of hydrogen-bond acceptors (Lipinski definition) is 1. The maximum Gasteiger partial charge on any atom is 0.0725 e. The molecular weight excluding hydrogens is 194 g/mol. The van der Waals surface area contributed by atoms with Gasteiger partial charge in [0.25, 0.3) is 0 Å². The van der Waals surface area contributed by atoms with Crippen molar-refractivity contribution in [3.63, 3.8) is 0 Å². The minimum atomic E-state index is 1.14. The lowest BCUT2D eigenvalue weighted by Gasteiger charge is -2.10. The predicted molar refractivity (Wildman–Crippen MR) is 67.1 cm³/mol. The van der Waals surface area contributed by atoms with Crippen molar-refractivity contribution in [1.29, 1.82) is 0 Å². The molecule has 4 rings (SSSR count).